The summed E-state index contributed by atoms with van der Waals surface area (Å²) in [5.74, 6) is 0. The SMILES string of the molecule is BB=BB=BB=NCC. The molecule has 0 amide bonds. The molecule has 0 aliphatic carbocycles. The van der Waals surface area contributed by atoms with Gasteiger partial charge in [-0.25, -0.2) is 0 Å². The predicted octanol–water partition coefficient (Wildman–Crippen LogP) is -2.08. The maximum absolute atomic E-state index is 4.00. The fraction of sp³-hybridized carbons (Fsp3) is 1.00. The minimum absolute atomic E-state index is 0.861. The van der Waals surface area contributed by atoms with Gasteiger partial charge in [0.15, 0.2) is 0 Å². The number of nitrogens with zero attached hydrogens (tertiary/aromatic N) is 1. The van der Waals surface area contributed by atoms with E-state index in [-0.39, 0.29) is 0 Å². The van der Waals surface area contributed by atoms with Gasteiger partial charge in [0, 0.05) is 0 Å². The summed E-state index contributed by atoms with van der Waals surface area (Å²) >= 11 is 0. The summed E-state index contributed by atoms with van der Waals surface area (Å²) in [4.78, 5) is 4.00. The van der Waals surface area contributed by atoms with Crippen LogP contribution in [0.15, 0.2) is 4.90 Å². The second kappa shape index (κ2) is 8.19. The van der Waals surface area contributed by atoms with E-state index in [9.17, 15) is 0 Å². The second-order valence-electron chi connectivity index (χ2n) is 1.56. The van der Waals surface area contributed by atoms with Crippen LogP contribution in [0.4, 0.5) is 0 Å². The number of hydrogen-bond acceptors (Lipinski definition) is 1. The average Bonchev–Trinajstić information content (AvgIpc) is 1.89. The molecule has 0 aliphatic rings. The fourth-order valence-corrected chi connectivity index (χ4v) is 0.391. The van der Waals surface area contributed by atoms with E-state index in [4.69, 9.17) is 0 Å². The van der Waals surface area contributed by atoms with Crippen LogP contribution in [0.1, 0.15) is 6.92 Å². The van der Waals surface area contributed by atoms with Gasteiger partial charge in [-0.3, -0.25) is 0 Å². The summed E-state index contributed by atoms with van der Waals surface area (Å²) in [7, 11) is 1.99. The van der Waals surface area contributed by atoms with Gasteiger partial charge >= 0.3 is 59.8 Å². The molecule has 1 nitrogen and oxygen atoms in total. The fourth-order valence-electron chi connectivity index (χ4n) is 0.391. The molecule has 0 saturated heterocycles. The van der Waals surface area contributed by atoms with Gasteiger partial charge in [-0.2, -0.15) is 0 Å². The van der Waals surface area contributed by atoms with Gasteiger partial charge in [0.05, 0.1) is 0 Å². The molecule has 0 fully saturated rings. The Morgan fingerprint density at radius 1 is 1.33 bits per heavy atom. The van der Waals surface area contributed by atoms with Crippen LogP contribution < -0.4 is 0 Å². The van der Waals surface area contributed by atoms with Crippen LogP contribution in [0.5, 0.6) is 0 Å². The molecule has 0 radical (unpaired) electrons. The molecule has 0 aromatic heterocycles. The van der Waals surface area contributed by atoms with Crippen molar-refractivity contribution in [2.24, 2.45) is 4.90 Å². The quantitative estimate of drug-likeness (QED) is 0.370. The predicted molar refractivity (Wildman–Crippen MR) is 50.3 cm³/mol. The van der Waals surface area contributed by atoms with E-state index in [0.29, 0.717) is 0 Å². The van der Waals surface area contributed by atoms with E-state index in [1.807, 2.05) is 41.4 Å². The first-order valence-corrected chi connectivity index (χ1v) is 3.19. The number of rotatable bonds is 3. The minimum atomic E-state index is 0.861. The van der Waals surface area contributed by atoms with E-state index in [0.717, 1.165) is 6.54 Å². The van der Waals surface area contributed by atoms with E-state index < -0.39 is 0 Å². The molecule has 0 saturated carbocycles. The van der Waals surface area contributed by atoms with Crippen molar-refractivity contribution in [2.45, 2.75) is 6.92 Å². The van der Waals surface area contributed by atoms with Crippen molar-refractivity contribution in [3.63, 3.8) is 0 Å². The Kier molecular flexibility index (Phi) is 8.36. The van der Waals surface area contributed by atoms with Crippen LogP contribution >= 0.6 is 0 Å². The summed E-state index contributed by atoms with van der Waals surface area (Å²) in [6.45, 7) is 12.5. The van der Waals surface area contributed by atoms with Gasteiger partial charge in [0.1, 0.15) is 0 Å². The number of hydrogen-bond donors (Lipinski definition) is 0. The molecule has 0 unspecified atom stereocenters. The van der Waals surface area contributed by atoms with Gasteiger partial charge in [-0.1, -0.05) is 0 Å². The van der Waals surface area contributed by atoms with Crippen molar-refractivity contribution >= 4 is 41.5 Å². The molecule has 9 heavy (non-hydrogen) atoms. The first-order valence-electron chi connectivity index (χ1n) is 3.19. The zero-order valence-corrected chi connectivity index (χ0v) is 6.04. The molecule has 0 heterocycles. The first-order chi connectivity index (χ1) is 4.41. The van der Waals surface area contributed by atoms with Crippen LogP contribution in [0.2, 0.25) is 0 Å². The second-order valence-corrected chi connectivity index (χ2v) is 1.56. The third-order valence-electron chi connectivity index (χ3n) is 0.789. The van der Waals surface area contributed by atoms with E-state index in [2.05, 4.69) is 4.90 Å². The normalized spacial score (nSPS) is 8.11. The third-order valence-corrected chi connectivity index (χ3v) is 0.789. The Hall–Kier alpha value is 0.190. The van der Waals surface area contributed by atoms with Crippen molar-refractivity contribution in [1.29, 1.82) is 0 Å². The Balaban J connectivity index is 3.35. The van der Waals surface area contributed by atoms with Crippen molar-refractivity contribution < 1.29 is 0 Å². The first kappa shape index (κ1) is 9.19. The van der Waals surface area contributed by atoms with E-state index in [1.165, 1.54) is 0 Å². The summed E-state index contributed by atoms with van der Waals surface area (Å²) < 4.78 is 0. The van der Waals surface area contributed by atoms with Crippen molar-refractivity contribution in [3.05, 3.63) is 0 Å². The molecule has 7 heteroatoms. The van der Waals surface area contributed by atoms with Gasteiger partial charge in [0.2, 0.25) is 0 Å². The zero-order chi connectivity index (χ0) is 6.95. The average molecular weight is 110 g/mol. The topological polar surface area (TPSA) is 12.4 Å². The van der Waals surface area contributed by atoms with Crippen LogP contribution in [0, 0.1) is 0 Å². The molecular formula is C2H7B6N. The summed E-state index contributed by atoms with van der Waals surface area (Å²) in [6, 6.07) is 0. The van der Waals surface area contributed by atoms with Crippen LogP contribution in [-0.4, -0.2) is 48.0 Å². The molecule has 0 aromatic carbocycles. The van der Waals surface area contributed by atoms with Gasteiger partial charge in [-0.05, 0) is 0 Å². The standard InChI is InChI=1S/C2H7B6N/c1-2-9-8-7-6-5-4-3/h2-3H2,1H3. The molecule has 0 aromatic rings. The summed E-state index contributed by atoms with van der Waals surface area (Å²) in [5.41, 5.74) is 0. The molecule has 0 spiro atoms. The molecule has 0 rings (SSSR count). The Bertz CT molecular complexity index is 127. The Morgan fingerprint density at radius 3 is 2.67 bits per heavy atom. The summed E-state index contributed by atoms with van der Waals surface area (Å²) in [5, 5.41) is 0. The van der Waals surface area contributed by atoms with Crippen molar-refractivity contribution in [1.82, 2.24) is 0 Å². The third kappa shape index (κ3) is 8.19. The monoisotopic (exact) mass is 111 g/mol. The Morgan fingerprint density at radius 2 is 2.11 bits per heavy atom. The van der Waals surface area contributed by atoms with Gasteiger partial charge in [-0.15, -0.1) is 0 Å². The molecule has 0 atom stereocenters. The van der Waals surface area contributed by atoms with Gasteiger partial charge in [0.25, 0.3) is 0 Å². The Labute approximate surface area is 60.5 Å². The maximum atomic E-state index is 4.00. The molecular weight excluding hydrogens is 103 g/mol. The van der Waals surface area contributed by atoms with Crippen molar-refractivity contribution in [2.75, 3.05) is 6.54 Å². The van der Waals surface area contributed by atoms with Gasteiger partial charge < -0.3 is 0 Å². The molecule has 38 valence electrons. The summed E-state index contributed by atoms with van der Waals surface area (Å²) in [6.07, 6.45) is 0. The van der Waals surface area contributed by atoms with Crippen LogP contribution in [-0.2, 0) is 0 Å². The molecule has 0 N–H and O–H groups in total. The van der Waals surface area contributed by atoms with E-state index >= 15 is 0 Å². The van der Waals surface area contributed by atoms with Crippen molar-refractivity contribution in [3.8, 4) is 0 Å². The van der Waals surface area contributed by atoms with E-state index in [1.54, 1.807) is 6.96 Å². The molecule has 0 bridgehead atoms. The zero-order valence-electron chi connectivity index (χ0n) is 6.04. The molecule has 0 aliphatic heterocycles. The van der Waals surface area contributed by atoms with Crippen LogP contribution in [0.25, 0.3) is 0 Å². The van der Waals surface area contributed by atoms with Crippen LogP contribution in [0.3, 0.4) is 0 Å².